The minimum atomic E-state index is -4.73. The Labute approximate surface area is 221 Å². The number of aryl methyl sites for hydroxylation is 1. The van der Waals surface area contributed by atoms with Crippen LogP contribution in [0, 0.1) is 0 Å². The van der Waals surface area contributed by atoms with Crippen LogP contribution in [0.2, 0.25) is 0 Å². The molecule has 9 nitrogen and oxygen atoms in total. The van der Waals surface area contributed by atoms with Crippen molar-refractivity contribution in [2.24, 2.45) is 0 Å². The van der Waals surface area contributed by atoms with Gasteiger partial charge in [-0.15, -0.1) is 5.06 Å². The van der Waals surface area contributed by atoms with Crippen LogP contribution in [-0.4, -0.2) is 46.1 Å². The fraction of sp³-hybridized carbons (Fsp3) is 0.429. The van der Waals surface area contributed by atoms with E-state index in [9.17, 15) is 22.8 Å². The number of carbonyl (C=O) groups excluding carboxylic acids is 3. The largest absolute Gasteiger partial charge is 0.333 e. The van der Waals surface area contributed by atoms with Gasteiger partial charge in [0.2, 0.25) is 0 Å². The molecule has 0 radical (unpaired) electrons. The van der Waals surface area contributed by atoms with Crippen LogP contribution >= 0.6 is 0 Å². The fourth-order valence-electron chi connectivity index (χ4n) is 4.89. The smallest absolute Gasteiger partial charge is 0.330 e. The normalized spacial score (nSPS) is 16.0. The minimum Gasteiger partial charge on any atom is -0.330 e. The van der Waals surface area contributed by atoms with Gasteiger partial charge in [-0.25, -0.2) is 9.78 Å². The number of rotatable bonds is 13. The van der Waals surface area contributed by atoms with E-state index in [1.165, 1.54) is 16.3 Å². The van der Waals surface area contributed by atoms with E-state index >= 15 is 0 Å². The van der Waals surface area contributed by atoms with E-state index in [0.29, 0.717) is 6.42 Å². The van der Waals surface area contributed by atoms with Crippen LogP contribution in [0.4, 0.5) is 0 Å². The Bertz CT molecular complexity index is 1380. The van der Waals surface area contributed by atoms with Crippen LogP contribution in [0.5, 0.6) is 0 Å². The summed E-state index contributed by atoms with van der Waals surface area (Å²) in [5.41, 5.74) is 3.43. The highest BCUT2D eigenvalue weighted by Crippen LogP contribution is 2.27. The van der Waals surface area contributed by atoms with Crippen molar-refractivity contribution in [3.8, 4) is 0 Å². The summed E-state index contributed by atoms with van der Waals surface area (Å²) in [6, 6.07) is 16.6. The van der Waals surface area contributed by atoms with Crippen molar-refractivity contribution in [1.29, 1.82) is 0 Å². The number of carbonyl (C=O) groups is 3. The highest BCUT2D eigenvalue weighted by atomic mass is 32.2. The maximum Gasteiger partial charge on any atom is 0.333 e. The summed E-state index contributed by atoms with van der Waals surface area (Å²) >= 11 is 0. The maximum absolute atomic E-state index is 11.9. The molecular weight excluding hydrogens is 508 g/mol. The van der Waals surface area contributed by atoms with Crippen LogP contribution in [0.25, 0.3) is 21.8 Å². The van der Waals surface area contributed by atoms with Gasteiger partial charge < -0.3 is 4.84 Å². The molecule has 1 atom stereocenters. The SMILES string of the molecule is O=C(CCCCCCCCCCc1c2ccccc2nc2ccccc12)ON1C(=O)C[C@H](S(=O)(=O)O)C1=O. The third kappa shape index (κ3) is 6.73. The molecule has 2 heterocycles. The van der Waals surface area contributed by atoms with Crippen molar-refractivity contribution >= 4 is 49.7 Å². The first-order valence-corrected chi connectivity index (χ1v) is 14.6. The molecule has 2 aromatic carbocycles. The molecular formula is C28H32N2O7S. The van der Waals surface area contributed by atoms with Gasteiger partial charge >= 0.3 is 5.97 Å². The van der Waals surface area contributed by atoms with Gasteiger partial charge in [0.1, 0.15) is 0 Å². The summed E-state index contributed by atoms with van der Waals surface area (Å²) < 4.78 is 31.3. The second-order valence-electron chi connectivity index (χ2n) is 9.65. The van der Waals surface area contributed by atoms with Crippen molar-refractivity contribution in [3.63, 3.8) is 0 Å². The van der Waals surface area contributed by atoms with Crippen LogP contribution < -0.4 is 0 Å². The highest BCUT2D eigenvalue weighted by Gasteiger charge is 2.48. The number of fused-ring (bicyclic) bond motifs is 2. The van der Waals surface area contributed by atoms with Crippen LogP contribution in [-0.2, 0) is 35.8 Å². The lowest BCUT2D eigenvalue weighted by atomic mass is 9.97. The number of pyridine rings is 1. The lowest BCUT2D eigenvalue weighted by Gasteiger charge is -2.13. The van der Waals surface area contributed by atoms with Crippen LogP contribution in [0.15, 0.2) is 48.5 Å². The van der Waals surface area contributed by atoms with E-state index in [2.05, 4.69) is 36.4 Å². The van der Waals surface area contributed by atoms with Gasteiger partial charge in [-0.3, -0.25) is 14.1 Å². The van der Waals surface area contributed by atoms with Gasteiger partial charge in [0.25, 0.3) is 21.9 Å². The molecule has 3 aromatic rings. The number of hydroxylamine groups is 2. The number of imide groups is 1. The average Bonchev–Trinajstić information content (AvgIpc) is 3.18. The number of unbranched alkanes of at least 4 members (excludes halogenated alkanes) is 7. The zero-order valence-corrected chi connectivity index (χ0v) is 22.0. The quantitative estimate of drug-likeness (QED) is 0.140. The van der Waals surface area contributed by atoms with Gasteiger partial charge in [-0.05, 0) is 37.0 Å². The molecule has 1 fully saturated rings. The van der Waals surface area contributed by atoms with Gasteiger partial charge in [-0.1, -0.05) is 74.9 Å². The number of benzene rings is 2. The Hall–Kier alpha value is -3.37. The predicted molar refractivity (Wildman–Crippen MR) is 142 cm³/mol. The Morgan fingerprint density at radius 2 is 1.39 bits per heavy atom. The van der Waals surface area contributed by atoms with E-state index in [-0.39, 0.29) is 11.5 Å². The molecule has 0 unspecified atom stereocenters. The van der Waals surface area contributed by atoms with Crippen LogP contribution in [0.1, 0.15) is 69.8 Å². The molecule has 2 amide bonds. The molecule has 0 spiro atoms. The molecule has 1 aliphatic heterocycles. The number of nitrogens with zero attached hydrogens (tertiary/aromatic N) is 2. The molecule has 4 rings (SSSR count). The summed E-state index contributed by atoms with van der Waals surface area (Å²) in [5, 5.41) is 0.687. The lowest BCUT2D eigenvalue weighted by Crippen LogP contribution is -2.36. The Kier molecular flexibility index (Phi) is 9.06. The van der Waals surface area contributed by atoms with Crippen molar-refractivity contribution < 1.29 is 32.2 Å². The topological polar surface area (TPSA) is 131 Å². The third-order valence-electron chi connectivity index (χ3n) is 6.87. The summed E-state index contributed by atoms with van der Waals surface area (Å²) in [5.74, 6) is -2.98. The van der Waals surface area contributed by atoms with E-state index in [1.807, 2.05) is 12.1 Å². The molecule has 10 heteroatoms. The molecule has 38 heavy (non-hydrogen) atoms. The van der Waals surface area contributed by atoms with Gasteiger partial charge in [-0.2, -0.15) is 8.42 Å². The Morgan fingerprint density at radius 1 is 0.868 bits per heavy atom. The second-order valence-corrected chi connectivity index (χ2v) is 11.2. The van der Waals surface area contributed by atoms with Crippen LogP contribution in [0.3, 0.4) is 0 Å². The molecule has 0 saturated carbocycles. The van der Waals surface area contributed by atoms with Crippen molar-refractivity contribution in [2.75, 3.05) is 0 Å². The number of aromatic nitrogens is 1. The summed E-state index contributed by atoms with van der Waals surface area (Å²) in [6.45, 7) is 0. The lowest BCUT2D eigenvalue weighted by molar-refractivity contribution is -0.197. The molecule has 1 saturated heterocycles. The van der Waals surface area contributed by atoms with Crippen molar-refractivity contribution in [2.45, 2.75) is 75.9 Å². The zero-order chi connectivity index (χ0) is 27.1. The number of amides is 2. The fourth-order valence-corrected chi connectivity index (χ4v) is 5.59. The van der Waals surface area contributed by atoms with Gasteiger partial charge in [0, 0.05) is 17.2 Å². The second kappa shape index (κ2) is 12.4. The highest BCUT2D eigenvalue weighted by molar-refractivity contribution is 7.87. The maximum atomic E-state index is 11.9. The summed E-state index contributed by atoms with van der Waals surface area (Å²) in [4.78, 5) is 45.1. The number of hydrogen-bond donors (Lipinski definition) is 1. The Balaban J connectivity index is 1.10. The molecule has 0 bridgehead atoms. The van der Waals surface area contributed by atoms with Crippen molar-refractivity contribution in [1.82, 2.24) is 10.0 Å². The average molecular weight is 541 g/mol. The standard InChI is InChI=1S/C28H32N2O7S/c31-26-19-25(38(34,35)36)28(33)30(26)37-27(32)18-8-6-4-2-1-3-5-7-13-20-21-14-9-11-16-23(21)29-24-17-12-10-15-22(20)24/h9-12,14-17,25H,1-8,13,18-19H2,(H,34,35,36)/t25-/m0/s1. The molecule has 1 aliphatic rings. The zero-order valence-electron chi connectivity index (χ0n) is 21.2. The van der Waals surface area contributed by atoms with Gasteiger partial charge in [0.05, 0.1) is 17.5 Å². The van der Waals surface area contributed by atoms with E-state index < -0.39 is 39.6 Å². The molecule has 202 valence electrons. The molecule has 0 aliphatic carbocycles. The summed E-state index contributed by atoms with van der Waals surface area (Å²) in [7, 11) is -4.73. The van der Waals surface area contributed by atoms with Crippen molar-refractivity contribution in [3.05, 3.63) is 54.1 Å². The first-order valence-electron chi connectivity index (χ1n) is 13.1. The Morgan fingerprint density at radius 3 is 1.95 bits per heavy atom. The number of hydrogen-bond acceptors (Lipinski definition) is 7. The van der Waals surface area contributed by atoms with E-state index in [1.54, 1.807) is 0 Å². The minimum absolute atomic E-state index is 0.0153. The first kappa shape index (κ1) is 27.7. The van der Waals surface area contributed by atoms with E-state index in [4.69, 9.17) is 14.4 Å². The first-order chi connectivity index (χ1) is 18.3. The monoisotopic (exact) mass is 540 g/mol. The van der Waals surface area contributed by atoms with E-state index in [0.717, 1.165) is 62.4 Å². The predicted octanol–water partition coefficient (Wildman–Crippen LogP) is 4.91. The summed E-state index contributed by atoms with van der Waals surface area (Å²) in [6.07, 6.45) is 8.14. The van der Waals surface area contributed by atoms with Gasteiger partial charge in [0.15, 0.2) is 5.25 Å². The number of para-hydroxylation sites is 2. The molecule has 1 N–H and O–H groups in total. The molecule has 1 aromatic heterocycles. The third-order valence-corrected chi connectivity index (χ3v) is 7.96.